The van der Waals surface area contributed by atoms with Crippen molar-refractivity contribution in [2.45, 2.75) is 290 Å². The fourth-order valence-electron chi connectivity index (χ4n) is 9.54. The fraction of sp³-hybridized carbons (Fsp3) is 0.646. The number of ether oxygens (including phenoxy) is 1. The first-order valence-electron chi connectivity index (χ1n) is 35.8. The number of phosphoric ester groups is 1. The zero-order chi connectivity index (χ0) is 64.9. The van der Waals surface area contributed by atoms with Crippen molar-refractivity contribution in [3.05, 3.63) is 158 Å². The molecule has 506 valence electrons. The predicted octanol–water partition coefficient (Wildman–Crippen LogP) is 23.1. The van der Waals surface area contributed by atoms with E-state index in [2.05, 4.69) is 172 Å². The van der Waals surface area contributed by atoms with E-state index in [9.17, 15) is 19.0 Å². The van der Waals surface area contributed by atoms with Crippen molar-refractivity contribution >= 4 is 19.7 Å². The molecule has 3 unspecified atom stereocenters. The second kappa shape index (κ2) is 66.5. The zero-order valence-electron chi connectivity index (χ0n) is 57.9. The maximum Gasteiger partial charge on any atom is 0.472 e. The van der Waals surface area contributed by atoms with Crippen LogP contribution in [-0.2, 0) is 27.9 Å². The van der Waals surface area contributed by atoms with Gasteiger partial charge < -0.3 is 19.4 Å². The van der Waals surface area contributed by atoms with Crippen molar-refractivity contribution in [1.29, 1.82) is 0 Å². The van der Waals surface area contributed by atoms with Gasteiger partial charge in [-0.05, 0) is 134 Å². The van der Waals surface area contributed by atoms with Crippen molar-refractivity contribution in [3.8, 4) is 0 Å². The summed E-state index contributed by atoms with van der Waals surface area (Å²) < 4.78 is 30.8. The Morgan fingerprint density at radius 2 is 0.719 bits per heavy atom. The van der Waals surface area contributed by atoms with Crippen molar-refractivity contribution in [2.24, 2.45) is 0 Å². The number of hydrogen-bond donors (Lipinski definition) is 2. The van der Waals surface area contributed by atoms with Gasteiger partial charge in [-0.1, -0.05) is 288 Å². The molecule has 9 nitrogen and oxygen atoms in total. The summed E-state index contributed by atoms with van der Waals surface area (Å²) in [6.45, 7) is 6.75. The van der Waals surface area contributed by atoms with Gasteiger partial charge in [0.15, 0.2) is 0 Å². The van der Waals surface area contributed by atoms with E-state index >= 15 is 0 Å². The Morgan fingerprint density at radius 3 is 1.08 bits per heavy atom. The van der Waals surface area contributed by atoms with Crippen LogP contribution in [-0.4, -0.2) is 74.3 Å². The monoisotopic (exact) mass is 1250 g/mol. The van der Waals surface area contributed by atoms with Crippen LogP contribution in [0.25, 0.3) is 0 Å². The Labute approximate surface area is 548 Å². The third-order valence-corrected chi connectivity index (χ3v) is 15.9. The van der Waals surface area contributed by atoms with Crippen molar-refractivity contribution in [3.63, 3.8) is 0 Å². The minimum atomic E-state index is -4.47. The van der Waals surface area contributed by atoms with Gasteiger partial charge in [0.05, 0.1) is 33.8 Å². The highest BCUT2D eigenvalue weighted by molar-refractivity contribution is 7.47. The molecular formula is C79H134N2O7P+. The topological polar surface area (TPSA) is 111 Å². The molecule has 2 N–H and O–H groups in total. The number of rotatable bonds is 63. The average molecular weight is 1250 g/mol. The van der Waals surface area contributed by atoms with E-state index in [0.29, 0.717) is 23.9 Å². The quantitative estimate of drug-likeness (QED) is 0.0205. The second-order valence-corrected chi connectivity index (χ2v) is 26.1. The first-order valence-corrected chi connectivity index (χ1v) is 37.3. The lowest BCUT2D eigenvalue weighted by Crippen LogP contribution is -2.47. The van der Waals surface area contributed by atoms with E-state index in [0.717, 1.165) is 167 Å². The number of carbonyl (C=O) groups is 2. The summed E-state index contributed by atoms with van der Waals surface area (Å²) in [5.41, 5.74) is 0. The zero-order valence-corrected chi connectivity index (χ0v) is 58.8. The van der Waals surface area contributed by atoms with Crippen molar-refractivity contribution in [1.82, 2.24) is 5.32 Å². The number of phosphoric acid groups is 1. The molecule has 0 aliphatic carbocycles. The molecule has 0 heterocycles. The fourth-order valence-corrected chi connectivity index (χ4v) is 10.3. The first kappa shape index (κ1) is 84.6. The van der Waals surface area contributed by atoms with E-state index in [1.807, 2.05) is 33.3 Å². The minimum absolute atomic E-state index is 0.0269. The lowest BCUT2D eigenvalue weighted by Gasteiger charge is -2.27. The molecule has 10 heteroatoms. The number of unbranched alkanes of at least 4 members (excludes halogenated alkanes) is 23. The molecule has 0 saturated heterocycles. The number of carbonyl (C=O) groups excluding carboxylic acids is 2. The summed E-state index contributed by atoms with van der Waals surface area (Å²) >= 11 is 0. The standard InChI is InChI=1S/C79H133N2O7P/c1-7-10-13-16-19-22-25-27-29-31-33-35-37-39-40-42-43-45-47-49-51-53-56-59-62-65-68-71-78(82)80-76(75-87-89(84,85)86-74-73-81(4,5)6)77(70-67-64-61-58-55-24-21-18-15-12-9-3)88-79(83)72-69-66-63-60-57-54-52-50-48-46-44-41-38-36-34-32-30-28-26-23-20-17-14-11-8-2/h10-11,13-14,19-20,22-23,27-30,33-36,39-41,43-45,48,50,67,70,76-77H,7-9,12,15-18,21,24-26,31-32,37-38,42,46-47,49,51-66,68-69,71-75H2,1-6H3,(H-,80,82,84,85)/p+1/b13-10-,14-11-,22-19-,23-20-,29-27-,30-28-,35-33-,36-34-,40-39-,44-41-,45-43-,50-48-,70-67+. The molecule has 0 bridgehead atoms. The van der Waals surface area contributed by atoms with Gasteiger partial charge in [-0.2, -0.15) is 0 Å². The van der Waals surface area contributed by atoms with Crippen LogP contribution in [0.4, 0.5) is 0 Å². The smallest absolute Gasteiger partial charge is 0.456 e. The highest BCUT2D eigenvalue weighted by Gasteiger charge is 2.30. The van der Waals surface area contributed by atoms with Crippen LogP contribution in [0, 0.1) is 0 Å². The van der Waals surface area contributed by atoms with Crippen LogP contribution in [0.5, 0.6) is 0 Å². The summed E-state index contributed by atoms with van der Waals surface area (Å²) in [7, 11) is 1.46. The van der Waals surface area contributed by atoms with Gasteiger partial charge in [0, 0.05) is 12.8 Å². The van der Waals surface area contributed by atoms with Gasteiger partial charge in [0.25, 0.3) is 0 Å². The lowest BCUT2D eigenvalue weighted by molar-refractivity contribution is -0.870. The van der Waals surface area contributed by atoms with Crippen molar-refractivity contribution < 1.29 is 37.3 Å². The summed E-state index contributed by atoms with van der Waals surface area (Å²) in [6, 6.07) is -0.873. The van der Waals surface area contributed by atoms with Crippen LogP contribution < -0.4 is 5.32 Å². The molecule has 0 aromatic rings. The number of quaternary nitrogens is 1. The molecule has 0 aliphatic rings. The van der Waals surface area contributed by atoms with E-state index in [4.69, 9.17) is 13.8 Å². The van der Waals surface area contributed by atoms with E-state index < -0.39 is 20.0 Å². The Bertz CT molecular complexity index is 2080. The Hall–Kier alpha value is -4.37. The molecule has 89 heavy (non-hydrogen) atoms. The normalized spacial score (nSPS) is 14.5. The lowest BCUT2D eigenvalue weighted by atomic mass is 10.0. The number of amides is 1. The molecule has 0 spiro atoms. The SMILES string of the molecule is CC/C=C\C/C=C\C/C=C\C/C=C\C/C=C\C/C=C\CCCCCCCCCCC(=O)NC(COP(=O)(O)OCC[N+](C)(C)C)C(/C=C/CCCCCCCCCCC)OC(=O)CCCCCCCC/C=C\C/C=C\C/C=C\C/C=C\C/C=C\C/C=C\CC. The molecule has 0 aromatic heterocycles. The number of likely N-dealkylation sites (N-methyl/N-ethyl adjacent to an activating group) is 1. The predicted molar refractivity (Wildman–Crippen MR) is 387 cm³/mol. The van der Waals surface area contributed by atoms with Gasteiger partial charge in [-0.15, -0.1) is 0 Å². The van der Waals surface area contributed by atoms with Crippen LogP contribution in [0.1, 0.15) is 278 Å². The highest BCUT2D eigenvalue weighted by Crippen LogP contribution is 2.43. The van der Waals surface area contributed by atoms with Crippen LogP contribution in [0.3, 0.4) is 0 Å². The Balaban J connectivity index is 5.10. The maximum absolute atomic E-state index is 13.6. The number of esters is 1. The second-order valence-electron chi connectivity index (χ2n) is 24.6. The Morgan fingerprint density at radius 1 is 0.404 bits per heavy atom. The van der Waals surface area contributed by atoms with Crippen molar-refractivity contribution in [2.75, 3.05) is 40.9 Å². The third kappa shape index (κ3) is 67.8. The molecule has 0 saturated carbocycles. The van der Waals surface area contributed by atoms with Gasteiger partial charge in [0.2, 0.25) is 5.91 Å². The molecular weight excluding hydrogens is 1120 g/mol. The van der Waals surface area contributed by atoms with E-state index in [1.54, 1.807) is 0 Å². The number of nitrogens with zero attached hydrogens (tertiary/aromatic N) is 1. The van der Waals surface area contributed by atoms with Gasteiger partial charge in [-0.25, -0.2) is 4.57 Å². The molecule has 0 fully saturated rings. The summed E-state index contributed by atoms with van der Waals surface area (Å²) in [5.74, 6) is -0.541. The molecule has 0 rings (SSSR count). The van der Waals surface area contributed by atoms with E-state index in [-0.39, 0.29) is 31.5 Å². The minimum Gasteiger partial charge on any atom is -0.456 e. The summed E-state index contributed by atoms with van der Waals surface area (Å²) in [5, 5.41) is 3.06. The molecule has 0 aromatic carbocycles. The first-order chi connectivity index (χ1) is 43.4. The van der Waals surface area contributed by atoms with Crippen LogP contribution in [0.15, 0.2) is 158 Å². The summed E-state index contributed by atoms with van der Waals surface area (Å²) in [6.07, 6.45) is 98.2. The van der Waals surface area contributed by atoms with E-state index in [1.165, 1.54) is 70.6 Å². The Kier molecular flexibility index (Phi) is 63.3. The largest absolute Gasteiger partial charge is 0.472 e. The number of hydrogen-bond acceptors (Lipinski definition) is 6. The van der Waals surface area contributed by atoms with Crippen LogP contribution in [0.2, 0.25) is 0 Å². The summed E-state index contributed by atoms with van der Waals surface area (Å²) in [4.78, 5) is 37.9. The molecule has 0 radical (unpaired) electrons. The van der Waals surface area contributed by atoms with Crippen LogP contribution >= 0.6 is 7.82 Å². The third-order valence-electron chi connectivity index (χ3n) is 15.0. The van der Waals surface area contributed by atoms with Gasteiger partial charge >= 0.3 is 13.8 Å². The average Bonchev–Trinajstić information content (AvgIpc) is 3.70. The van der Waals surface area contributed by atoms with Gasteiger partial charge in [-0.3, -0.25) is 18.6 Å². The maximum atomic E-state index is 13.6. The highest BCUT2D eigenvalue weighted by atomic mass is 31.2. The number of allylic oxidation sites excluding steroid dienone is 25. The number of nitrogens with one attached hydrogen (secondary N) is 1. The molecule has 1 amide bonds. The molecule has 3 atom stereocenters. The van der Waals surface area contributed by atoms with Gasteiger partial charge in [0.1, 0.15) is 19.3 Å². The molecule has 0 aliphatic heterocycles.